The maximum absolute atomic E-state index is 13.5. The second-order valence-corrected chi connectivity index (χ2v) is 4.95. The summed E-state index contributed by atoms with van der Waals surface area (Å²) in [5, 5.41) is 2.61. The van der Waals surface area contributed by atoms with E-state index in [1.54, 1.807) is 4.90 Å². The van der Waals surface area contributed by atoms with Crippen LogP contribution in [0.25, 0.3) is 0 Å². The summed E-state index contributed by atoms with van der Waals surface area (Å²) in [6.45, 7) is 1.99. The van der Waals surface area contributed by atoms with E-state index in [-0.39, 0.29) is 22.6 Å². The molecule has 0 aliphatic carbocycles. The van der Waals surface area contributed by atoms with E-state index in [9.17, 15) is 13.6 Å². The molecule has 0 unspecified atom stereocenters. The summed E-state index contributed by atoms with van der Waals surface area (Å²) in [6.07, 6.45) is 0. The predicted molar refractivity (Wildman–Crippen MR) is 69.9 cm³/mol. The van der Waals surface area contributed by atoms with Gasteiger partial charge in [-0.1, -0.05) is 0 Å². The number of nitrogens with one attached hydrogen (secondary N) is 1. The average molecular weight is 335 g/mol. The van der Waals surface area contributed by atoms with Gasteiger partial charge in [-0.3, -0.25) is 4.79 Å². The SMILES string of the molecule is O=C(CNc1cc(F)c(Br)cc1F)N1CCOCC1. The molecule has 1 amide bonds. The van der Waals surface area contributed by atoms with Crippen molar-refractivity contribution >= 4 is 27.5 Å². The summed E-state index contributed by atoms with van der Waals surface area (Å²) in [5.41, 5.74) is -0.0256. The van der Waals surface area contributed by atoms with Crippen LogP contribution in [-0.4, -0.2) is 43.7 Å². The van der Waals surface area contributed by atoms with Gasteiger partial charge in [-0.25, -0.2) is 8.78 Å². The van der Waals surface area contributed by atoms with Crippen LogP contribution in [0.15, 0.2) is 16.6 Å². The third-order valence-electron chi connectivity index (χ3n) is 2.80. The summed E-state index contributed by atoms with van der Waals surface area (Å²) < 4.78 is 32.0. The highest BCUT2D eigenvalue weighted by Crippen LogP contribution is 2.23. The lowest BCUT2D eigenvalue weighted by Gasteiger charge is -2.27. The first-order chi connectivity index (χ1) is 9.08. The molecule has 1 aromatic carbocycles. The van der Waals surface area contributed by atoms with Crippen LogP contribution in [0.4, 0.5) is 14.5 Å². The van der Waals surface area contributed by atoms with Crippen LogP contribution in [0.5, 0.6) is 0 Å². The molecule has 2 rings (SSSR count). The van der Waals surface area contributed by atoms with E-state index < -0.39 is 11.6 Å². The summed E-state index contributed by atoms with van der Waals surface area (Å²) in [6, 6.07) is 2.04. The number of nitrogens with zero attached hydrogens (tertiary/aromatic N) is 1. The lowest BCUT2D eigenvalue weighted by atomic mass is 10.3. The van der Waals surface area contributed by atoms with E-state index in [4.69, 9.17) is 4.74 Å². The normalized spacial score (nSPS) is 15.4. The fraction of sp³-hybridized carbons (Fsp3) is 0.417. The van der Waals surface area contributed by atoms with Crippen LogP contribution in [0.3, 0.4) is 0 Å². The van der Waals surface area contributed by atoms with E-state index in [0.29, 0.717) is 26.3 Å². The van der Waals surface area contributed by atoms with Crippen LogP contribution in [0, 0.1) is 11.6 Å². The van der Waals surface area contributed by atoms with E-state index in [1.807, 2.05) is 0 Å². The van der Waals surface area contributed by atoms with Crippen molar-refractivity contribution in [2.24, 2.45) is 0 Å². The van der Waals surface area contributed by atoms with Crippen LogP contribution < -0.4 is 5.32 Å². The molecule has 0 aromatic heterocycles. The molecule has 0 saturated carbocycles. The molecule has 1 fully saturated rings. The van der Waals surface area contributed by atoms with E-state index >= 15 is 0 Å². The zero-order valence-corrected chi connectivity index (χ0v) is 11.7. The van der Waals surface area contributed by atoms with Crippen molar-refractivity contribution in [1.82, 2.24) is 4.90 Å². The molecule has 7 heteroatoms. The maximum Gasteiger partial charge on any atom is 0.242 e. The molecular weight excluding hydrogens is 322 g/mol. The molecule has 1 aromatic rings. The third-order valence-corrected chi connectivity index (χ3v) is 3.41. The van der Waals surface area contributed by atoms with Crippen LogP contribution in [0.1, 0.15) is 0 Å². The summed E-state index contributed by atoms with van der Waals surface area (Å²) >= 11 is 2.89. The molecule has 1 N–H and O–H groups in total. The monoisotopic (exact) mass is 334 g/mol. The molecule has 1 heterocycles. The lowest BCUT2D eigenvalue weighted by Crippen LogP contribution is -2.43. The van der Waals surface area contributed by atoms with Gasteiger partial charge < -0.3 is 15.0 Å². The van der Waals surface area contributed by atoms with Gasteiger partial charge in [0.25, 0.3) is 0 Å². The first-order valence-corrected chi connectivity index (χ1v) is 6.61. The smallest absolute Gasteiger partial charge is 0.242 e. The summed E-state index contributed by atoms with van der Waals surface area (Å²) in [4.78, 5) is 13.4. The topological polar surface area (TPSA) is 41.6 Å². The highest BCUT2D eigenvalue weighted by atomic mass is 79.9. The lowest BCUT2D eigenvalue weighted by molar-refractivity contribution is -0.133. The number of benzene rings is 1. The third kappa shape index (κ3) is 3.63. The van der Waals surface area contributed by atoms with Crippen LogP contribution in [-0.2, 0) is 9.53 Å². The fourth-order valence-corrected chi connectivity index (χ4v) is 2.07. The fourth-order valence-electron chi connectivity index (χ4n) is 1.75. The van der Waals surface area contributed by atoms with Gasteiger partial charge in [-0.15, -0.1) is 0 Å². The van der Waals surface area contributed by atoms with Crippen molar-refractivity contribution in [2.45, 2.75) is 0 Å². The second kappa shape index (κ2) is 6.29. The number of ether oxygens (including phenoxy) is 1. The molecule has 1 aliphatic rings. The zero-order valence-electron chi connectivity index (χ0n) is 10.1. The molecule has 0 spiro atoms. The molecule has 0 radical (unpaired) electrons. The van der Waals surface area contributed by atoms with E-state index in [2.05, 4.69) is 21.2 Å². The van der Waals surface area contributed by atoms with Gasteiger partial charge in [0.1, 0.15) is 11.6 Å². The zero-order chi connectivity index (χ0) is 13.8. The van der Waals surface area contributed by atoms with Crippen molar-refractivity contribution < 1.29 is 18.3 Å². The number of carbonyl (C=O) groups excluding carboxylic acids is 1. The highest BCUT2D eigenvalue weighted by Gasteiger charge is 2.17. The minimum absolute atomic E-state index is 0.0256. The molecule has 19 heavy (non-hydrogen) atoms. The molecule has 0 atom stereocenters. The largest absolute Gasteiger partial charge is 0.378 e. The summed E-state index contributed by atoms with van der Waals surface area (Å²) in [5.74, 6) is -1.35. The number of hydrogen-bond acceptors (Lipinski definition) is 3. The Kier molecular flexibility index (Phi) is 4.71. The quantitative estimate of drug-likeness (QED) is 0.859. The predicted octanol–water partition coefficient (Wildman–Crippen LogP) is 2.00. The van der Waals surface area contributed by atoms with Crippen molar-refractivity contribution in [3.05, 3.63) is 28.2 Å². The Morgan fingerprint density at radius 1 is 1.32 bits per heavy atom. The van der Waals surface area contributed by atoms with Crippen molar-refractivity contribution in [3.63, 3.8) is 0 Å². The minimum atomic E-state index is -0.608. The average Bonchev–Trinajstić information content (AvgIpc) is 2.42. The van der Waals surface area contributed by atoms with Gasteiger partial charge in [-0.05, 0) is 22.0 Å². The Morgan fingerprint density at radius 3 is 2.68 bits per heavy atom. The van der Waals surface area contributed by atoms with Gasteiger partial charge >= 0.3 is 0 Å². The van der Waals surface area contributed by atoms with Gasteiger partial charge in [0, 0.05) is 19.2 Å². The molecule has 0 bridgehead atoms. The van der Waals surface area contributed by atoms with E-state index in [0.717, 1.165) is 12.1 Å². The van der Waals surface area contributed by atoms with Crippen molar-refractivity contribution in [2.75, 3.05) is 38.2 Å². The Morgan fingerprint density at radius 2 is 2.00 bits per heavy atom. The number of anilines is 1. The maximum atomic E-state index is 13.5. The number of amides is 1. The van der Waals surface area contributed by atoms with Crippen molar-refractivity contribution in [3.8, 4) is 0 Å². The van der Waals surface area contributed by atoms with Gasteiger partial charge in [-0.2, -0.15) is 0 Å². The summed E-state index contributed by atoms with van der Waals surface area (Å²) in [7, 11) is 0. The number of halogens is 3. The van der Waals surface area contributed by atoms with Crippen LogP contribution >= 0.6 is 15.9 Å². The first kappa shape index (κ1) is 14.2. The molecule has 1 aliphatic heterocycles. The number of carbonyl (C=O) groups is 1. The van der Waals surface area contributed by atoms with Gasteiger partial charge in [0.2, 0.25) is 5.91 Å². The Balaban J connectivity index is 1.94. The molecule has 4 nitrogen and oxygen atoms in total. The molecule has 1 saturated heterocycles. The second-order valence-electron chi connectivity index (χ2n) is 4.09. The standard InChI is InChI=1S/C12H13BrF2N2O2/c13-8-5-10(15)11(6-9(8)14)16-7-12(18)17-1-3-19-4-2-17/h5-6,16H,1-4,7H2. The first-order valence-electron chi connectivity index (χ1n) is 5.82. The highest BCUT2D eigenvalue weighted by molar-refractivity contribution is 9.10. The number of hydrogen-bond donors (Lipinski definition) is 1. The van der Waals surface area contributed by atoms with Gasteiger partial charge in [0.15, 0.2) is 0 Å². The van der Waals surface area contributed by atoms with Crippen molar-refractivity contribution in [1.29, 1.82) is 0 Å². The number of rotatable bonds is 3. The molecule has 104 valence electrons. The Bertz CT molecular complexity index is 479. The number of morpholine rings is 1. The minimum Gasteiger partial charge on any atom is -0.378 e. The molecular formula is C12H13BrF2N2O2. The van der Waals surface area contributed by atoms with E-state index in [1.165, 1.54) is 0 Å². The van der Waals surface area contributed by atoms with Crippen LogP contribution in [0.2, 0.25) is 0 Å². The Labute approximate surface area is 117 Å². The Hall–Kier alpha value is -1.21. The van der Waals surface area contributed by atoms with Gasteiger partial charge in [0.05, 0.1) is 29.9 Å².